The van der Waals surface area contributed by atoms with Gasteiger partial charge in [0.2, 0.25) is 0 Å². The number of nitrogens with one attached hydrogen (secondary N) is 2. The molecule has 4 heteroatoms. The van der Waals surface area contributed by atoms with E-state index in [1.54, 1.807) is 6.20 Å². The van der Waals surface area contributed by atoms with Crippen LogP contribution in [0.1, 0.15) is 56.3 Å². The lowest BCUT2D eigenvalue weighted by Crippen LogP contribution is -2.34. The van der Waals surface area contributed by atoms with Crippen molar-refractivity contribution in [1.29, 1.82) is 0 Å². The van der Waals surface area contributed by atoms with Crippen LogP contribution < -0.4 is 10.6 Å². The first-order valence-electron chi connectivity index (χ1n) is 7.69. The van der Waals surface area contributed by atoms with Crippen LogP contribution >= 0.6 is 0 Å². The van der Waals surface area contributed by atoms with Crippen molar-refractivity contribution in [3.8, 4) is 0 Å². The molecule has 1 amide bonds. The van der Waals surface area contributed by atoms with Gasteiger partial charge in [0.15, 0.2) is 0 Å². The van der Waals surface area contributed by atoms with Crippen LogP contribution in [-0.4, -0.2) is 23.5 Å². The highest BCUT2D eigenvalue weighted by atomic mass is 16.1. The van der Waals surface area contributed by atoms with Gasteiger partial charge in [-0.2, -0.15) is 0 Å². The average Bonchev–Trinajstić information content (AvgIpc) is 2.65. The number of aromatic nitrogens is 1. The molecule has 2 unspecified atom stereocenters. The normalized spacial score (nSPS) is 22.9. The molecule has 1 aromatic rings. The van der Waals surface area contributed by atoms with E-state index >= 15 is 0 Å². The minimum absolute atomic E-state index is 0.0000940. The average molecular weight is 275 g/mol. The van der Waals surface area contributed by atoms with Crippen LogP contribution in [0.2, 0.25) is 0 Å². The minimum atomic E-state index is 0.0000940. The number of anilines is 1. The predicted molar refractivity (Wildman–Crippen MR) is 81.9 cm³/mol. The molecule has 0 radical (unpaired) electrons. The Morgan fingerprint density at radius 2 is 2.15 bits per heavy atom. The van der Waals surface area contributed by atoms with Crippen molar-refractivity contribution >= 4 is 11.7 Å². The number of carbonyl (C=O) groups is 1. The van der Waals surface area contributed by atoms with Crippen molar-refractivity contribution < 1.29 is 4.79 Å². The summed E-state index contributed by atoms with van der Waals surface area (Å²) >= 11 is 0. The lowest BCUT2D eigenvalue weighted by molar-refractivity contribution is 0.0933. The van der Waals surface area contributed by atoms with Gasteiger partial charge in [0, 0.05) is 18.8 Å². The fourth-order valence-corrected chi connectivity index (χ4v) is 2.71. The maximum absolute atomic E-state index is 12.2. The minimum Gasteiger partial charge on any atom is -0.370 e. The molecule has 20 heavy (non-hydrogen) atoms. The van der Waals surface area contributed by atoms with Gasteiger partial charge in [0.25, 0.3) is 5.91 Å². The van der Waals surface area contributed by atoms with E-state index in [1.165, 1.54) is 19.3 Å². The first-order valence-corrected chi connectivity index (χ1v) is 7.69. The maximum atomic E-state index is 12.2. The SMILES string of the molecule is CCNc1ccc(C(=O)NC2CCCC(C)CC2)cn1. The van der Waals surface area contributed by atoms with Gasteiger partial charge in [-0.15, -0.1) is 0 Å². The molecule has 0 spiro atoms. The molecule has 0 aliphatic heterocycles. The fraction of sp³-hybridized carbons (Fsp3) is 0.625. The second-order valence-corrected chi connectivity index (χ2v) is 5.75. The molecule has 2 N–H and O–H groups in total. The summed E-state index contributed by atoms with van der Waals surface area (Å²) in [5.74, 6) is 1.60. The van der Waals surface area contributed by atoms with E-state index in [1.807, 2.05) is 19.1 Å². The molecule has 0 aromatic carbocycles. The number of rotatable bonds is 4. The lowest BCUT2D eigenvalue weighted by atomic mass is 10.0. The van der Waals surface area contributed by atoms with Crippen molar-refractivity contribution in [1.82, 2.24) is 10.3 Å². The smallest absolute Gasteiger partial charge is 0.253 e. The standard InChI is InChI=1S/C16H25N3O/c1-3-17-15-10-8-13(11-18-15)16(20)19-14-6-4-5-12(2)7-9-14/h8,10-12,14H,3-7,9H2,1-2H3,(H,17,18)(H,19,20). The molecule has 1 saturated carbocycles. The number of amides is 1. The van der Waals surface area contributed by atoms with E-state index in [2.05, 4.69) is 22.5 Å². The molecule has 1 heterocycles. The monoisotopic (exact) mass is 275 g/mol. The molecule has 1 aliphatic rings. The Hall–Kier alpha value is -1.58. The Balaban J connectivity index is 1.90. The summed E-state index contributed by atoms with van der Waals surface area (Å²) in [5, 5.41) is 6.27. The Labute approximate surface area is 121 Å². The largest absolute Gasteiger partial charge is 0.370 e. The maximum Gasteiger partial charge on any atom is 0.253 e. The first kappa shape index (κ1) is 14.8. The zero-order chi connectivity index (χ0) is 14.4. The highest BCUT2D eigenvalue weighted by Crippen LogP contribution is 2.22. The quantitative estimate of drug-likeness (QED) is 0.830. The number of pyridine rings is 1. The number of carbonyl (C=O) groups excluding carboxylic acids is 1. The molecule has 1 aliphatic carbocycles. The van der Waals surface area contributed by atoms with Crippen LogP contribution in [0.15, 0.2) is 18.3 Å². The van der Waals surface area contributed by atoms with E-state index in [4.69, 9.17) is 0 Å². The summed E-state index contributed by atoms with van der Waals surface area (Å²) in [6.07, 6.45) is 7.54. The summed E-state index contributed by atoms with van der Waals surface area (Å²) < 4.78 is 0. The summed E-state index contributed by atoms with van der Waals surface area (Å²) in [4.78, 5) is 16.4. The van der Waals surface area contributed by atoms with Crippen LogP contribution in [0.3, 0.4) is 0 Å². The Morgan fingerprint density at radius 1 is 1.30 bits per heavy atom. The van der Waals surface area contributed by atoms with Gasteiger partial charge in [-0.05, 0) is 44.2 Å². The third-order valence-corrected chi connectivity index (χ3v) is 3.98. The highest BCUT2D eigenvalue weighted by molar-refractivity contribution is 5.94. The van der Waals surface area contributed by atoms with E-state index in [0.29, 0.717) is 11.6 Å². The molecule has 0 bridgehead atoms. The predicted octanol–water partition coefficient (Wildman–Crippen LogP) is 3.21. The zero-order valence-corrected chi connectivity index (χ0v) is 12.5. The highest BCUT2D eigenvalue weighted by Gasteiger charge is 2.18. The van der Waals surface area contributed by atoms with Crippen molar-refractivity contribution in [2.45, 2.75) is 52.0 Å². The van der Waals surface area contributed by atoms with E-state index in [0.717, 1.165) is 31.1 Å². The van der Waals surface area contributed by atoms with Crippen LogP contribution in [0, 0.1) is 5.92 Å². The third-order valence-electron chi connectivity index (χ3n) is 3.98. The van der Waals surface area contributed by atoms with Gasteiger partial charge in [0.05, 0.1) is 5.56 Å². The second-order valence-electron chi connectivity index (χ2n) is 5.75. The topological polar surface area (TPSA) is 54.0 Å². The van der Waals surface area contributed by atoms with Crippen molar-refractivity contribution in [3.63, 3.8) is 0 Å². The first-order chi connectivity index (χ1) is 9.69. The molecule has 2 rings (SSSR count). The molecule has 2 atom stereocenters. The lowest BCUT2D eigenvalue weighted by Gasteiger charge is -2.16. The molecule has 0 saturated heterocycles. The van der Waals surface area contributed by atoms with Crippen LogP contribution in [0.5, 0.6) is 0 Å². The number of nitrogens with zero attached hydrogens (tertiary/aromatic N) is 1. The summed E-state index contributed by atoms with van der Waals surface area (Å²) in [5.41, 5.74) is 0.643. The molecule has 1 fully saturated rings. The van der Waals surface area contributed by atoms with Crippen LogP contribution in [-0.2, 0) is 0 Å². The zero-order valence-electron chi connectivity index (χ0n) is 12.5. The van der Waals surface area contributed by atoms with E-state index < -0.39 is 0 Å². The number of hydrogen-bond acceptors (Lipinski definition) is 3. The van der Waals surface area contributed by atoms with Crippen LogP contribution in [0.25, 0.3) is 0 Å². The van der Waals surface area contributed by atoms with Gasteiger partial charge >= 0.3 is 0 Å². The van der Waals surface area contributed by atoms with Gasteiger partial charge < -0.3 is 10.6 Å². The Morgan fingerprint density at radius 3 is 2.85 bits per heavy atom. The van der Waals surface area contributed by atoms with Gasteiger partial charge in [-0.3, -0.25) is 4.79 Å². The summed E-state index contributed by atoms with van der Waals surface area (Å²) in [6, 6.07) is 4.01. The summed E-state index contributed by atoms with van der Waals surface area (Å²) in [7, 11) is 0. The molecule has 110 valence electrons. The third kappa shape index (κ3) is 4.22. The Bertz CT molecular complexity index is 430. The molecule has 1 aromatic heterocycles. The number of hydrogen-bond donors (Lipinski definition) is 2. The Kier molecular flexibility index (Phi) is 5.39. The van der Waals surface area contributed by atoms with E-state index in [-0.39, 0.29) is 5.91 Å². The van der Waals surface area contributed by atoms with Crippen molar-refractivity contribution in [3.05, 3.63) is 23.9 Å². The molecule has 4 nitrogen and oxygen atoms in total. The van der Waals surface area contributed by atoms with Gasteiger partial charge in [-0.25, -0.2) is 4.98 Å². The van der Waals surface area contributed by atoms with Crippen molar-refractivity contribution in [2.24, 2.45) is 5.92 Å². The molecular weight excluding hydrogens is 250 g/mol. The van der Waals surface area contributed by atoms with Crippen LogP contribution in [0.4, 0.5) is 5.82 Å². The van der Waals surface area contributed by atoms with Gasteiger partial charge in [0.1, 0.15) is 5.82 Å². The molecular formula is C16H25N3O. The van der Waals surface area contributed by atoms with E-state index in [9.17, 15) is 4.79 Å². The summed E-state index contributed by atoms with van der Waals surface area (Å²) in [6.45, 7) is 5.15. The van der Waals surface area contributed by atoms with Gasteiger partial charge in [-0.1, -0.05) is 19.8 Å². The van der Waals surface area contributed by atoms with Crippen molar-refractivity contribution in [2.75, 3.05) is 11.9 Å². The second kappa shape index (κ2) is 7.27. The fourth-order valence-electron chi connectivity index (χ4n) is 2.71.